The molecule has 1 atom stereocenters. The van der Waals surface area contributed by atoms with Crippen LogP contribution in [-0.4, -0.2) is 19.7 Å². The van der Waals surface area contributed by atoms with Crippen molar-refractivity contribution in [3.05, 3.63) is 34.3 Å². The maximum Gasteiger partial charge on any atom is 0.0949 e. The summed E-state index contributed by atoms with van der Waals surface area (Å²) in [5.74, 6) is 0. The third-order valence-corrected chi connectivity index (χ3v) is 4.04. The Labute approximate surface area is 138 Å². The number of hydrogen-bond acceptors (Lipinski definition) is 2. The zero-order valence-corrected chi connectivity index (χ0v) is 15.1. The predicted molar refractivity (Wildman–Crippen MR) is 94.8 cm³/mol. The van der Waals surface area contributed by atoms with E-state index in [-0.39, 0.29) is 6.10 Å². The van der Waals surface area contributed by atoms with Crippen molar-refractivity contribution in [2.45, 2.75) is 58.5 Å². The smallest absolute Gasteiger partial charge is 0.0949 e. The van der Waals surface area contributed by atoms with Gasteiger partial charge < -0.3 is 10.1 Å². The van der Waals surface area contributed by atoms with Crippen molar-refractivity contribution in [3.8, 4) is 0 Å². The molecular weight excluding hydrogens is 326 g/mol. The average Bonchev–Trinajstić information content (AvgIpc) is 2.49. The van der Waals surface area contributed by atoms with E-state index in [1.165, 1.54) is 31.2 Å². The van der Waals surface area contributed by atoms with Crippen molar-refractivity contribution in [1.82, 2.24) is 5.32 Å². The SMILES string of the molecule is CCCCCCCOC(CNCCC)c1cccc(Br)c1. The number of benzene rings is 1. The largest absolute Gasteiger partial charge is 0.372 e. The number of unbranched alkanes of at least 4 members (excludes halogenated alkanes) is 4. The molecule has 0 aliphatic heterocycles. The van der Waals surface area contributed by atoms with Gasteiger partial charge in [0.1, 0.15) is 0 Å². The highest BCUT2D eigenvalue weighted by Crippen LogP contribution is 2.21. The Morgan fingerprint density at radius 3 is 2.62 bits per heavy atom. The lowest BCUT2D eigenvalue weighted by atomic mass is 10.1. The topological polar surface area (TPSA) is 21.3 Å². The minimum Gasteiger partial charge on any atom is -0.372 e. The molecule has 1 rings (SSSR count). The normalized spacial score (nSPS) is 12.5. The lowest BCUT2D eigenvalue weighted by molar-refractivity contribution is 0.0499. The third-order valence-electron chi connectivity index (χ3n) is 3.54. The van der Waals surface area contributed by atoms with Crippen LogP contribution < -0.4 is 5.32 Å². The van der Waals surface area contributed by atoms with Crippen molar-refractivity contribution < 1.29 is 4.74 Å². The molecule has 0 spiro atoms. The van der Waals surface area contributed by atoms with Gasteiger partial charge in [-0.25, -0.2) is 0 Å². The number of ether oxygens (including phenoxy) is 1. The van der Waals surface area contributed by atoms with Gasteiger partial charge in [0.25, 0.3) is 0 Å². The molecule has 0 aliphatic carbocycles. The van der Waals surface area contributed by atoms with Crippen molar-refractivity contribution in [2.24, 2.45) is 0 Å². The lowest BCUT2D eigenvalue weighted by Gasteiger charge is -2.19. The van der Waals surface area contributed by atoms with E-state index in [1.807, 2.05) is 0 Å². The van der Waals surface area contributed by atoms with Crippen LogP contribution in [0.4, 0.5) is 0 Å². The quantitative estimate of drug-likeness (QED) is 0.501. The number of nitrogens with one attached hydrogen (secondary N) is 1. The fourth-order valence-electron chi connectivity index (χ4n) is 2.32. The maximum absolute atomic E-state index is 6.13. The van der Waals surface area contributed by atoms with Gasteiger partial charge in [0.15, 0.2) is 0 Å². The summed E-state index contributed by atoms with van der Waals surface area (Å²) in [6, 6.07) is 8.46. The van der Waals surface area contributed by atoms with E-state index in [0.717, 1.165) is 37.0 Å². The van der Waals surface area contributed by atoms with Crippen molar-refractivity contribution in [3.63, 3.8) is 0 Å². The van der Waals surface area contributed by atoms with Gasteiger partial charge >= 0.3 is 0 Å². The summed E-state index contributed by atoms with van der Waals surface area (Å²) in [6.45, 7) is 7.23. The summed E-state index contributed by atoms with van der Waals surface area (Å²) < 4.78 is 7.24. The van der Waals surface area contributed by atoms with Crippen molar-refractivity contribution in [1.29, 1.82) is 0 Å². The molecule has 0 bridgehead atoms. The molecule has 1 N–H and O–H groups in total. The molecule has 0 fully saturated rings. The standard InChI is InChI=1S/C18H30BrNO/c1-3-5-6-7-8-13-21-18(15-20-12-4-2)16-10-9-11-17(19)14-16/h9-11,14,18,20H,3-8,12-13,15H2,1-2H3. The minimum absolute atomic E-state index is 0.153. The molecule has 21 heavy (non-hydrogen) atoms. The second-order valence-corrected chi connectivity index (χ2v) is 6.45. The first-order valence-electron chi connectivity index (χ1n) is 8.35. The number of rotatable bonds is 12. The first kappa shape index (κ1) is 18.7. The predicted octanol–water partition coefficient (Wildman–Crippen LogP) is 5.48. The number of halogens is 1. The zero-order chi connectivity index (χ0) is 15.3. The Morgan fingerprint density at radius 2 is 1.90 bits per heavy atom. The molecule has 0 saturated heterocycles. The molecule has 1 aromatic carbocycles. The lowest BCUT2D eigenvalue weighted by Crippen LogP contribution is -2.24. The first-order valence-corrected chi connectivity index (χ1v) is 9.15. The van der Waals surface area contributed by atoms with Crippen LogP contribution in [0.1, 0.15) is 64.0 Å². The molecule has 1 unspecified atom stereocenters. The second-order valence-electron chi connectivity index (χ2n) is 5.53. The maximum atomic E-state index is 6.13. The summed E-state index contributed by atoms with van der Waals surface area (Å²) >= 11 is 3.55. The van der Waals surface area contributed by atoms with E-state index in [2.05, 4.69) is 59.4 Å². The van der Waals surface area contributed by atoms with Crippen LogP contribution in [0.15, 0.2) is 28.7 Å². The Hall–Kier alpha value is -0.380. The van der Waals surface area contributed by atoms with Crippen LogP contribution >= 0.6 is 15.9 Å². The highest BCUT2D eigenvalue weighted by atomic mass is 79.9. The van der Waals surface area contributed by atoms with Gasteiger partial charge in [-0.05, 0) is 37.1 Å². The van der Waals surface area contributed by atoms with Gasteiger partial charge in [0.2, 0.25) is 0 Å². The molecular formula is C18H30BrNO. The summed E-state index contributed by atoms with van der Waals surface area (Å²) in [5.41, 5.74) is 1.25. The summed E-state index contributed by atoms with van der Waals surface area (Å²) in [4.78, 5) is 0. The fourth-order valence-corrected chi connectivity index (χ4v) is 2.74. The summed E-state index contributed by atoms with van der Waals surface area (Å²) in [5, 5.41) is 3.47. The zero-order valence-electron chi connectivity index (χ0n) is 13.5. The molecule has 1 aromatic rings. The summed E-state index contributed by atoms with van der Waals surface area (Å²) in [7, 11) is 0. The molecule has 0 amide bonds. The Bertz CT molecular complexity index is 370. The van der Waals surface area contributed by atoms with E-state index in [4.69, 9.17) is 4.74 Å². The van der Waals surface area contributed by atoms with E-state index in [9.17, 15) is 0 Å². The Kier molecular flexibility index (Phi) is 10.8. The molecule has 0 aliphatic rings. The van der Waals surface area contributed by atoms with Gasteiger partial charge in [-0.2, -0.15) is 0 Å². The second kappa shape index (κ2) is 12.2. The fraction of sp³-hybridized carbons (Fsp3) is 0.667. The van der Waals surface area contributed by atoms with Crippen LogP contribution in [-0.2, 0) is 4.74 Å². The molecule has 2 nitrogen and oxygen atoms in total. The van der Waals surface area contributed by atoms with E-state index in [1.54, 1.807) is 0 Å². The van der Waals surface area contributed by atoms with E-state index in [0.29, 0.717) is 0 Å². The molecule has 0 heterocycles. The van der Waals surface area contributed by atoms with Crippen LogP contribution in [0.3, 0.4) is 0 Å². The number of hydrogen-bond donors (Lipinski definition) is 1. The van der Waals surface area contributed by atoms with Crippen molar-refractivity contribution >= 4 is 15.9 Å². The molecule has 0 saturated carbocycles. The van der Waals surface area contributed by atoms with E-state index >= 15 is 0 Å². The first-order chi connectivity index (χ1) is 10.3. The van der Waals surface area contributed by atoms with Crippen LogP contribution in [0, 0.1) is 0 Å². The molecule has 0 aromatic heterocycles. The van der Waals surface area contributed by atoms with Gasteiger partial charge in [-0.1, -0.05) is 67.6 Å². The van der Waals surface area contributed by atoms with Gasteiger partial charge in [0.05, 0.1) is 6.10 Å². The molecule has 3 heteroatoms. The van der Waals surface area contributed by atoms with Gasteiger partial charge in [-0.15, -0.1) is 0 Å². The van der Waals surface area contributed by atoms with Gasteiger partial charge in [0, 0.05) is 17.6 Å². The third kappa shape index (κ3) is 8.60. The Balaban J connectivity index is 2.41. The molecule has 0 radical (unpaired) electrons. The van der Waals surface area contributed by atoms with Gasteiger partial charge in [-0.3, -0.25) is 0 Å². The van der Waals surface area contributed by atoms with Crippen LogP contribution in [0.5, 0.6) is 0 Å². The molecule has 120 valence electrons. The average molecular weight is 356 g/mol. The monoisotopic (exact) mass is 355 g/mol. The highest BCUT2D eigenvalue weighted by Gasteiger charge is 2.11. The highest BCUT2D eigenvalue weighted by molar-refractivity contribution is 9.10. The Morgan fingerprint density at radius 1 is 1.10 bits per heavy atom. The van der Waals surface area contributed by atoms with Crippen LogP contribution in [0.2, 0.25) is 0 Å². The van der Waals surface area contributed by atoms with Crippen molar-refractivity contribution in [2.75, 3.05) is 19.7 Å². The summed E-state index contributed by atoms with van der Waals surface area (Å²) in [6.07, 6.45) is 7.72. The minimum atomic E-state index is 0.153. The van der Waals surface area contributed by atoms with E-state index < -0.39 is 0 Å². The van der Waals surface area contributed by atoms with Crippen LogP contribution in [0.25, 0.3) is 0 Å².